The number of aromatic hydroxyl groups is 1. The number of anilines is 1. The topological polar surface area (TPSA) is 113 Å². The molecule has 35 heavy (non-hydrogen) atoms. The first-order valence-corrected chi connectivity index (χ1v) is 13.0. The summed E-state index contributed by atoms with van der Waals surface area (Å²) in [7, 11) is -3.11. The van der Waals surface area contributed by atoms with Gasteiger partial charge in [-0.05, 0) is 67.4 Å². The van der Waals surface area contributed by atoms with Gasteiger partial charge in [-0.3, -0.25) is 4.79 Å². The van der Waals surface area contributed by atoms with Crippen molar-refractivity contribution in [3.8, 4) is 5.75 Å². The summed E-state index contributed by atoms with van der Waals surface area (Å²) in [4.78, 5) is 22.9. The van der Waals surface area contributed by atoms with Gasteiger partial charge in [0.05, 0.1) is 30.9 Å². The molecule has 0 aliphatic carbocycles. The SMILES string of the molecule is CCC(C)S(=O)(=O)c1cccc(C)c1.O=Nc1cc(O)c(NC(=O)c2ccc(Cl)c(Cl)c2)cc1Cl. The molecule has 0 radical (unpaired) electrons. The van der Waals surface area contributed by atoms with Crippen molar-refractivity contribution < 1.29 is 18.3 Å². The molecule has 0 aliphatic rings. The Morgan fingerprint density at radius 2 is 1.71 bits per heavy atom. The number of carbonyl (C=O) groups excluding carboxylic acids is 1. The van der Waals surface area contributed by atoms with Crippen molar-refractivity contribution in [2.45, 2.75) is 37.3 Å². The smallest absolute Gasteiger partial charge is 0.255 e. The van der Waals surface area contributed by atoms with Crippen LogP contribution in [0.2, 0.25) is 15.1 Å². The number of phenols is 1. The Balaban J connectivity index is 0.000000269. The molecule has 0 saturated heterocycles. The fraction of sp³-hybridized carbons (Fsp3) is 0.208. The number of sulfone groups is 1. The summed E-state index contributed by atoms with van der Waals surface area (Å²) in [6.45, 7) is 5.53. The molecule has 0 aliphatic heterocycles. The molecule has 0 fully saturated rings. The first-order valence-electron chi connectivity index (χ1n) is 10.3. The highest BCUT2D eigenvalue weighted by Gasteiger charge is 2.21. The van der Waals surface area contributed by atoms with Crippen LogP contribution >= 0.6 is 34.8 Å². The Morgan fingerprint density at radius 1 is 1.03 bits per heavy atom. The highest BCUT2D eigenvalue weighted by Crippen LogP contribution is 2.35. The van der Waals surface area contributed by atoms with Gasteiger partial charge in [0.2, 0.25) is 0 Å². The molecule has 0 aromatic heterocycles. The van der Waals surface area contributed by atoms with E-state index < -0.39 is 15.7 Å². The van der Waals surface area contributed by atoms with Gasteiger partial charge in [0.1, 0.15) is 11.4 Å². The standard InChI is InChI=1S/C13H7Cl3N2O3.C11H16O2S/c14-7-2-1-6(3-8(7)15)13(20)17-11-4-9(16)10(18-21)5-12(11)19;1-4-10(3)14(12,13)11-7-5-6-9(2)8-11/h1-5,19H,(H,17,20);5-8,10H,4H2,1-3H3. The van der Waals surface area contributed by atoms with Crippen LogP contribution in [-0.2, 0) is 9.84 Å². The lowest BCUT2D eigenvalue weighted by Gasteiger charge is -2.10. The van der Waals surface area contributed by atoms with Gasteiger partial charge in [-0.1, -0.05) is 53.9 Å². The van der Waals surface area contributed by atoms with Crippen LogP contribution in [0.3, 0.4) is 0 Å². The normalized spacial score (nSPS) is 11.7. The molecule has 1 unspecified atom stereocenters. The number of hydrogen-bond donors (Lipinski definition) is 2. The Labute approximate surface area is 218 Å². The zero-order chi connectivity index (χ0) is 26.3. The number of carbonyl (C=O) groups is 1. The molecule has 1 amide bonds. The second-order valence-corrected chi connectivity index (χ2v) is 11.2. The van der Waals surface area contributed by atoms with Gasteiger partial charge < -0.3 is 10.4 Å². The third-order valence-corrected chi connectivity index (χ3v) is 8.36. The lowest BCUT2D eigenvalue weighted by molar-refractivity contribution is 0.102. The number of nitrogens with one attached hydrogen (secondary N) is 1. The minimum atomic E-state index is -3.11. The average molecular weight is 558 g/mol. The van der Waals surface area contributed by atoms with E-state index in [1.807, 2.05) is 19.9 Å². The highest BCUT2D eigenvalue weighted by atomic mass is 35.5. The Kier molecular flexibility index (Phi) is 10.1. The number of nitroso groups, excluding NO2 is 1. The number of hydrogen-bond acceptors (Lipinski definition) is 6. The number of benzene rings is 3. The zero-order valence-electron chi connectivity index (χ0n) is 19.1. The van der Waals surface area contributed by atoms with E-state index in [1.165, 1.54) is 24.3 Å². The highest BCUT2D eigenvalue weighted by molar-refractivity contribution is 7.92. The molecule has 7 nitrogen and oxygen atoms in total. The molecule has 0 heterocycles. The van der Waals surface area contributed by atoms with E-state index in [9.17, 15) is 23.2 Å². The van der Waals surface area contributed by atoms with Gasteiger partial charge in [-0.25, -0.2) is 8.42 Å². The summed E-state index contributed by atoms with van der Waals surface area (Å²) in [5, 5.41) is 15.1. The van der Waals surface area contributed by atoms with Crippen LogP contribution in [-0.4, -0.2) is 24.7 Å². The first-order chi connectivity index (χ1) is 16.4. The predicted octanol–water partition coefficient (Wildman–Crippen LogP) is 7.57. The van der Waals surface area contributed by atoms with E-state index in [-0.39, 0.29) is 38.0 Å². The van der Waals surface area contributed by atoms with Crippen molar-refractivity contribution >= 4 is 61.9 Å². The van der Waals surface area contributed by atoms with Crippen LogP contribution in [0.4, 0.5) is 11.4 Å². The van der Waals surface area contributed by atoms with Crippen LogP contribution < -0.4 is 5.32 Å². The summed E-state index contributed by atoms with van der Waals surface area (Å²) >= 11 is 17.4. The van der Waals surface area contributed by atoms with E-state index in [1.54, 1.807) is 25.1 Å². The van der Waals surface area contributed by atoms with E-state index in [4.69, 9.17) is 34.8 Å². The van der Waals surface area contributed by atoms with Crippen molar-refractivity contribution in [3.63, 3.8) is 0 Å². The molecule has 0 spiro atoms. The molecule has 186 valence electrons. The molecular weight excluding hydrogens is 535 g/mol. The van der Waals surface area contributed by atoms with Crippen LogP contribution in [0.25, 0.3) is 0 Å². The number of nitrogens with zero attached hydrogens (tertiary/aromatic N) is 1. The van der Waals surface area contributed by atoms with Gasteiger partial charge >= 0.3 is 0 Å². The minimum absolute atomic E-state index is 0.00670. The first kappa shape index (κ1) is 28.6. The number of phenolic OH excluding ortho intramolecular Hbond substituents is 1. The fourth-order valence-corrected chi connectivity index (χ4v) is 4.81. The molecule has 2 N–H and O–H groups in total. The molecular formula is C24H23Cl3N2O5S. The monoisotopic (exact) mass is 556 g/mol. The van der Waals surface area contributed by atoms with Crippen molar-refractivity contribution in [3.05, 3.63) is 85.7 Å². The van der Waals surface area contributed by atoms with Gasteiger partial charge in [-0.2, -0.15) is 0 Å². The molecule has 0 saturated carbocycles. The largest absolute Gasteiger partial charge is 0.506 e. The Hall–Kier alpha value is -2.65. The van der Waals surface area contributed by atoms with Gasteiger partial charge in [0, 0.05) is 11.6 Å². The van der Waals surface area contributed by atoms with Crippen molar-refractivity contribution in [2.24, 2.45) is 5.18 Å². The molecule has 1 atom stereocenters. The van der Waals surface area contributed by atoms with Crippen LogP contribution in [0.1, 0.15) is 36.2 Å². The summed E-state index contributed by atoms with van der Waals surface area (Å²) in [5.41, 5.74) is 1.15. The summed E-state index contributed by atoms with van der Waals surface area (Å²) in [6, 6.07) is 13.7. The Bertz CT molecular complexity index is 1350. The van der Waals surface area contributed by atoms with Crippen LogP contribution in [0.5, 0.6) is 5.75 Å². The fourth-order valence-electron chi connectivity index (χ4n) is 2.80. The summed E-state index contributed by atoms with van der Waals surface area (Å²) < 4.78 is 23.8. The second-order valence-electron chi connectivity index (χ2n) is 7.58. The molecule has 3 aromatic rings. The van der Waals surface area contributed by atoms with Gasteiger partial charge in [0.15, 0.2) is 9.84 Å². The summed E-state index contributed by atoms with van der Waals surface area (Å²) in [5.74, 6) is -0.853. The van der Waals surface area contributed by atoms with Crippen LogP contribution in [0.15, 0.2) is 64.7 Å². The minimum Gasteiger partial charge on any atom is -0.506 e. The number of aryl methyl sites for hydroxylation is 1. The van der Waals surface area contributed by atoms with E-state index in [2.05, 4.69) is 10.5 Å². The van der Waals surface area contributed by atoms with Crippen LogP contribution in [0, 0.1) is 11.8 Å². The lowest BCUT2D eigenvalue weighted by Crippen LogP contribution is -2.16. The molecule has 3 aromatic carbocycles. The number of halogens is 3. The number of rotatable bonds is 6. The number of amides is 1. The predicted molar refractivity (Wildman–Crippen MR) is 141 cm³/mol. The van der Waals surface area contributed by atoms with Gasteiger partial charge in [-0.15, -0.1) is 4.91 Å². The van der Waals surface area contributed by atoms with Crippen molar-refractivity contribution in [2.75, 3.05) is 5.32 Å². The third kappa shape index (κ3) is 7.41. The lowest BCUT2D eigenvalue weighted by atomic mass is 10.2. The second kappa shape index (κ2) is 12.4. The maximum atomic E-state index is 12.0. The molecule has 11 heteroatoms. The molecule has 3 rings (SSSR count). The average Bonchev–Trinajstić information content (AvgIpc) is 2.82. The van der Waals surface area contributed by atoms with E-state index in [0.29, 0.717) is 16.3 Å². The maximum Gasteiger partial charge on any atom is 0.255 e. The van der Waals surface area contributed by atoms with Gasteiger partial charge in [0.25, 0.3) is 5.91 Å². The van der Waals surface area contributed by atoms with E-state index in [0.717, 1.165) is 11.6 Å². The van der Waals surface area contributed by atoms with E-state index >= 15 is 0 Å². The molecule has 0 bridgehead atoms. The zero-order valence-corrected chi connectivity index (χ0v) is 22.1. The Morgan fingerprint density at radius 3 is 2.29 bits per heavy atom. The third-order valence-electron chi connectivity index (χ3n) is 5.02. The summed E-state index contributed by atoms with van der Waals surface area (Å²) in [6.07, 6.45) is 0.649. The van der Waals surface area contributed by atoms with Crippen molar-refractivity contribution in [1.82, 2.24) is 0 Å². The maximum absolute atomic E-state index is 12.0. The quantitative estimate of drug-likeness (QED) is 0.240. The van der Waals surface area contributed by atoms with Crippen molar-refractivity contribution in [1.29, 1.82) is 0 Å².